The molecule has 1 aliphatic rings. The van der Waals surface area contributed by atoms with Gasteiger partial charge in [-0.25, -0.2) is 8.42 Å². The predicted octanol–water partition coefficient (Wildman–Crippen LogP) is 1.33. The smallest absolute Gasteiger partial charge is 0.244 e. The van der Waals surface area contributed by atoms with Crippen LogP contribution in [0.2, 0.25) is 0 Å². The van der Waals surface area contributed by atoms with E-state index in [2.05, 4.69) is 0 Å². The maximum Gasteiger partial charge on any atom is 0.244 e. The summed E-state index contributed by atoms with van der Waals surface area (Å²) in [6.45, 7) is 4.44. The molecular formula is C13H22N2O3S. The van der Waals surface area contributed by atoms with E-state index in [1.54, 1.807) is 28.2 Å². The van der Waals surface area contributed by atoms with E-state index in [9.17, 15) is 13.5 Å². The van der Waals surface area contributed by atoms with Crippen molar-refractivity contribution >= 4 is 10.0 Å². The molecule has 0 unspecified atom stereocenters. The van der Waals surface area contributed by atoms with Gasteiger partial charge < -0.3 is 9.67 Å². The lowest BCUT2D eigenvalue weighted by Gasteiger charge is -2.23. The molecule has 1 aromatic heterocycles. The van der Waals surface area contributed by atoms with Gasteiger partial charge in [0.2, 0.25) is 10.0 Å². The van der Waals surface area contributed by atoms with Gasteiger partial charge in [0, 0.05) is 31.5 Å². The Morgan fingerprint density at radius 2 is 2.11 bits per heavy atom. The lowest BCUT2D eigenvalue weighted by molar-refractivity contribution is 0.272. The van der Waals surface area contributed by atoms with Crippen molar-refractivity contribution in [2.24, 2.45) is 13.0 Å². The topological polar surface area (TPSA) is 62.5 Å². The summed E-state index contributed by atoms with van der Waals surface area (Å²) < 4.78 is 28.6. The molecule has 0 radical (unpaired) electrons. The molecule has 19 heavy (non-hydrogen) atoms. The number of aryl methyl sites for hydroxylation is 1. The Balaban J connectivity index is 2.32. The molecule has 0 bridgehead atoms. The van der Waals surface area contributed by atoms with Gasteiger partial charge in [-0.1, -0.05) is 13.8 Å². The molecule has 2 rings (SSSR count). The van der Waals surface area contributed by atoms with Crippen LogP contribution in [0.15, 0.2) is 17.2 Å². The summed E-state index contributed by atoms with van der Waals surface area (Å²) in [4.78, 5) is 0.284. The van der Waals surface area contributed by atoms with Crippen LogP contribution in [0, 0.1) is 5.92 Å². The molecule has 5 nitrogen and oxygen atoms in total. The minimum absolute atomic E-state index is 0.153. The summed E-state index contributed by atoms with van der Waals surface area (Å²) in [6.07, 6.45) is 3.48. The third-order valence-electron chi connectivity index (χ3n) is 3.35. The second kappa shape index (κ2) is 5.26. The molecule has 1 aromatic rings. The van der Waals surface area contributed by atoms with Crippen LogP contribution in [0.3, 0.4) is 0 Å². The van der Waals surface area contributed by atoms with E-state index >= 15 is 0 Å². The Morgan fingerprint density at radius 1 is 1.47 bits per heavy atom. The Kier molecular flexibility index (Phi) is 4.03. The van der Waals surface area contributed by atoms with Crippen molar-refractivity contribution < 1.29 is 13.5 Å². The molecule has 1 aliphatic carbocycles. The largest absolute Gasteiger partial charge is 0.390 e. The summed E-state index contributed by atoms with van der Waals surface area (Å²) in [5, 5.41) is 9.17. The fourth-order valence-electron chi connectivity index (χ4n) is 2.18. The zero-order valence-corrected chi connectivity index (χ0v) is 12.5. The normalized spacial score (nSPS) is 16.5. The van der Waals surface area contributed by atoms with Crippen LogP contribution < -0.4 is 0 Å². The second-order valence-corrected chi connectivity index (χ2v) is 7.53. The van der Waals surface area contributed by atoms with Crippen molar-refractivity contribution in [1.29, 1.82) is 0 Å². The van der Waals surface area contributed by atoms with Gasteiger partial charge in [-0.15, -0.1) is 0 Å². The Labute approximate surface area is 114 Å². The average Bonchev–Trinajstić information content (AvgIpc) is 3.08. The monoisotopic (exact) mass is 286 g/mol. The first kappa shape index (κ1) is 14.6. The van der Waals surface area contributed by atoms with E-state index in [-0.39, 0.29) is 17.5 Å². The molecule has 108 valence electrons. The van der Waals surface area contributed by atoms with Gasteiger partial charge in [0.25, 0.3) is 0 Å². The molecule has 0 aliphatic heterocycles. The van der Waals surface area contributed by atoms with Gasteiger partial charge in [-0.2, -0.15) is 4.31 Å². The number of aromatic nitrogens is 1. The first-order valence-electron chi connectivity index (χ1n) is 6.64. The minimum atomic E-state index is -3.44. The van der Waals surface area contributed by atoms with E-state index in [1.807, 2.05) is 13.8 Å². The van der Waals surface area contributed by atoms with Gasteiger partial charge in [-0.05, 0) is 24.8 Å². The van der Waals surface area contributed by atoms with E-state index in [4.69, 9.17) is 0 Å². The van der Waals surface area contributed by atoms with E-state index in [0.29, 0.717) is 18.2 Å². The molecule has 0 spiro atoms. The number of hydrogen-bond acceptors (Lipinski definition) is 3. The molecule has 0 atom stereocenters. The van der Waals surface area contributed by atoms with E-state index in [1.165, 1.54) is 0 Å². The Hall–Kier alpha value is -0.850. The summed E-state index contributed by atoms with van der Waals surface area (Å²) in [5.41, 5.74) is 0.610. The highest BCUT2D eigenvalue weighted by atomic mass is 32.2. The minimum Gasteiger partial charge on any atom is -0.390 e. The SMILES string of the molecule is CC(C)CN(C1CC1)S(=O)(=O)c1cc(CO)n(C)c1. The first-order valence-corrected chi connectivity index (χ1v) is 8.08. The van der Waals surface area contributed by atoms with Crippen molar-refractivity contribution in [3.63, 3.8) is 0 Å². The molecule has 0 amide bonds. The summed E-state index contributed by atoms with van der Waals surface area (Å²) in [5.74, 6) is 0.302. The number of rotatable bonds is 6. The second-order valence-electron chi connectivity index (χ2n) is 5.64. The highest BCUT2D eigenvalue weighted by molar-refractivity contribution is 7.89. The number of hydrogen-bond donors (Lipinski definition) is 1. The molecule has 6 heteroatoms. The van der Waals surface area contributed by atoms with Crippen LogP contribution >= 0.6 is 0 Å². The van der Waals surface area contributed by atoms with Crippen molar-refractivity contribution in [2.75, 3.05) is 6.54 Å². The van der Waals surface area contributed by atoms with Gasteiger partial charge in [0.05, 0.1) is 6.61 Å². The van der Waals surface area contributed by atoms with Gasteiger partial charge >= 0.3 is 0 Å². The van der Waals surface area contributed by atoms with Crippen LogP contribution in [0.4, 0.5) is 0 Å². The van der Waals surface area contributed by atoms with Gasteiger partial charge in [-0.3, -0.25) is 0 Å². The van der Waals surface area contributed by atoms with Crippen molar-refractivity contribution in [1.82, 2.24) is 8.87 Å². The summed E-state index contributed by atoms with van der Waals surface area (Å²) in [7, 11) is -1.70. The molecule has 1 fully saturated rings. The highest BCUT2D eigenvalue weighted by Crippen LogP contribution is 2.33. The van der Waals surface area contributed by atoms with Crippen molar-refractivity contribution in [3.8, 4) is 0 Å². The zero-order valence-electron chi connectivity index (χ0n) is 11.7. The van der Waals surface area contributed by atoms with Crippen LogP contribution in [-0.4, -0.2) is 35.0 Å². The summed E-state index contributed by atoms with van der Waals surface area (Å²) >= 11 is 0. The molecule has 0 aromatic carbocycles. The average molecular weight is 286 g/mol. The summed E-state index contributed by atoms with van der Waals surface area (Å²) in [6, 6.07) is 1.72. The molecule has 1 heterocycles. The van der Waals surface area contributed by atoms with Crippen molar-refractivity contribution in [3.05, 3.63) is 18.0 Å². The first-order chi connectivity index (χ1) is 8.86. The number of aliphatic hydroxyl groups is 1. The van der Waals surface area contributed by atoms with Crippen LogP contribution in [0.25, 0.3) is 0 Å². The van der Waals surface area contributed by atoms with Crippen LogP contribution in [0.5, 0.6) is 0 Å². The maximum absolute atomic E-state index is 12.7. The highest BCUT2D eigenvalue weighted by Gasteiger charge is 2.38. The van der Waals surface area contributed by atoms with Gasteiger partial charge in [0.15, 0.2) is 0 Å². The van der Waals surface area contributed by atoms with E-state index in [0.717, 1.165) is 12.8 Å². The zero-order chi connectivity index (χ0) is 14.2. The standard InChI is InChI=1S/C13H22N2O3S/c1-10(2)7-15(11-4-5-11)19(17,18)13-6-12(9-16)14(3)8-13/h6,8,10-11,16H,4-5,7,9H2,1-3H3. The number of aliphatic hydroxyl groups excluding tert-OH is 1. The third kappa shape index (κ3) is 3.01. The number of sulfonamides is 1. The fourth-order valence-corrected chi connectivity index (χ4v) is 4.12. The number of nitrogens with zero attached hydrogens (tertiary/aromatic N) is 2. The molecule has 1 N–H and O–H groups in total. The van der Waals surface area contributed by atoms with Crippen LogP contribution in [0.1, 0.15) is 32.4 Å². The van der Waals surface area contributed by atoms with Gasteiger partial charge in [0.1, 0.15) is 4.90 Å². The third-order valence-corrected chi connectivity index (χ3v) is 5.23. The fraction of sp³-hybridized carbons (Fsp3) is 0.692. The maximum atomic E-state index is 12.7. The molecular weight excluding hydrogens is 264 g/mol. The van der Waals surface area contributed by atoms with E-state index < -0.39 is 10.0 Å². The van der Waals surface area contributed by atoms with Crippen molar-refractivity contribution in [2.45, 2.75) is 44.2 Å². The lowest BCUT2D eigenvalue weighted by atomic mass is 10.2. The Bertz CT molecular complexity index is 544. The van der Waals surface area contributed by atoms with Crippen LogP contribution in [-0.2, 0) is 23.7 Å². The quantitative estimate of drug-likeness (QED) is 0.858. The Morgan fingerprint density at radius 3 is 2.53 bits per heavy atom. The molecule has 0 saturated heterocycles. The molecule has 1 saturated carbocycles. The lowest BCUT2D eigenvalue weighted by Crippen LogP contribution is -2.35. The predicted molar refractivity (Wildman–Crippen MR) is 73.1 cm³/mol.